The molecule has 0 radical (unpaired) electrons. The van der Waals surface area contributed by atoms with Crippen molar-refractivity contribution in [3.8, 4) is 0 Å². The maximum Gasteiger partial charge on any atom is 0.00722 e. The van der Waals surface area contributed by atoms with Crippen molar-refractivity contribution in [3.63, 3.8) is 0 Å². The molecular formula is C15H23NS. The van der Waals surface area contributed by atoms with Crippen molar-refractivity contribution in [2.45, 2.75) is 19.3 Å². The zero-order valence-corrected chi connectivity index (χ0v) is 11.6. The monoisotopic (exact) mass is 249 g/mol. The molecule has 1 aliphatic heterocycles. The summed E-state index contributed by atoms with van der Waals surface area (Å²) in [7, 11) is 0. The summed E-state index contributed by atoms with van der Waals surface area (Å²) in [6.45, 7) is 3.88. The van der Waals surface area contributed by atoms with Crippen molar-refractivity contribution >= 4 is 11.8 Å². The average Bonchev–Trinajstić information content (AvgIpc) is 2.39. The highest BCUT2D eigenvalue weighted by Crippen LogP contribution is 2.21. The largest absolute Gasteiger partial charge is 0.302 e. The molecule has 1 aromatic rings. The molecule has 0 aliphatic carbocycles. The lowest BCUT2D eigenvalue weighted by molar-refractivity contribution is 0.193. The molecule has 0 unspecified atom stereocenters. The number of hydrogen-bond acceptors (Lipinski definition) is 2. The molecule has 1 nitrogen and oxygen atoms in total. The summed E-state index contributed by atoms with van der Waals surface area (Å²) in [5.41, 5.74) is 1.51. The first-order valence-corrected chi connectivity index (χ1v) is 8.03. The fourth-order valence-electron chi connectivity index (χ4n) is 2.58. The number of benzene rings is 1. The molecule has 1 aliphatic rings. The molecule has 0 N–H and O–H groups in total. The number of piperidine rings is 1. The van der Waals surface area contributed by atoms with Crippen LogP contribution in [-0.4, -0.2) is 36.5 Å². The smallest absolute Gasteiger partial charge is 0.00722 e. The lowest BCUT2D eigenvalue weighted by Gasteiger charge is -2.31. The van der Waals surface area contributed by atoms with E-state index in [-0.39, 0.29) is 0 Å². The van der Waals surface area contributed by atoms with Crippen molar-refractivity contribution in [1.29, 1.82) is 0 Å². The van der Waals surface area contributed by atoms with Crippen molar-refractivity contribution in [2.24, 2.45) is 5.92 Å². The fraction of sp³-hybridized carbons (Fsp3) is 0.600. The Kier molecular flexibility index (Phi) is 5.40. The highest BCUT2D eigenvalue weighted by Gasteiger charge is 2.18. The van der Waals surface area contributed by atoms with Crippen molar-refractivity contribution < 1.29 is 0 Å². The summed E-state index contributed by atoms with van der Waals surface area (Å²) in [5.74, 6) is 2.19. The van der Waals surface area contributed by atoms with Gasteiger partial charge in [0.2, 0.25) is 0 Å². The van der Waals surface area contributed by atoms with Gasteiger partial charge in [-0.05, 0) is 50.1 Å². The molecule has 1 heterocycles. The Morgan fingerprint density at radius 1 is 1.18 bits per heavy atom. The molecular weight excluding hydrogens is 226 g/mol. The summed E-state index contributed by atoms with van der Waals surface area (Å²) >= 11 is 1.96. The highest BCUT2D eigenvalue weighted by atomic mass is 32.2. The first kappa shape index (κ1) is 13.0. The second-order valence-electron chi connectivity index (χ2n) is 4.97. The van der Waals surface area contributed by atoms with Gasteiger partial charge in [0.25, 0.3) is 0 Å². The van der Waals surface area contributed by atoms with Crippen LogP contribution in [0.15, 0.2) is 30.3 Å². The van der Waals surface area contributed by atoms with Gasteiger partial charge in [0.15, 0.2) is 0 Å². The summed E-state index contributed by atoms with van der Waals surface area (Å²) in [6, 6.07) is 10.9. The number of rotatable bonds is 5. The van der Waals surface area contributed by atoms with Crippen LogP contribution in [0.1, 0.15) is 18.4 Å². The van der Waals surface area contributed by atoms with Gasteiger partial charge < -0.3 is 4.90 Å². The molecule has 1 aromatic carbocycles. The number of thioether (sulfide) groups is 1. The van der Waals surface area contributed by atoms with Crippen LogP contribution in [0, 0.1) is 5.92 Å². The minimum atomic E-state index is 0.905. The third-order valence-corrected chi connectivity index (χ3v) is 4.28. The standard InChI is InChI=1S/C15H23NS/c1-17-12-11-16-9-7-15(8-10-16)13-14-5-3-2-4-6-14/h2-6,15H,7-13H2,1H3. The molecule has 1 fully saturated rings. The second-order valence-corrected chi connectivity index (χ2v) is 5.95. The van der Waals surface area contributed by atoms with Gasteiger partial charge in [-0.15, -0.1) is 0 Å². The topological polar surface area (TPSA) is 3.24 Å². The maximum atomic E-state index is 2.62. The van der Waals surface area contributed by atoms with Gasteiger partial charge in [0.1, 0.15) is 0 Å². The SMILES string of the molecule is CSCCN1CCC(Cc2ccccc2)CC1. The Balaban J connectivity index is 1.72. The van der Waals surface area contributed by atoms with Gasteiger partial charge in [-0.1, -0.05) is 30.3 Å². The molecule has 1 saturated heterocycles. The Labute approximate surface area is 110 Å². The number of hydrogen-bond donors (Lipinski definition) is 0. The average molecular weight is 249 g/mol. The Bertz CT molecular complexity index is 304. The van der Waals surface area contributed by atoms with E-state index in [0.29, 0.717) is 0 Å². The molecule has 2 rings (SSSR count). The predicted molar refractivity (Wildman–Crippen MR) is 77.7 cm³/mol. The van der Waals surface area contributed by atoms with Gasteiger partial charge in [-0.2, -0.15) is 11.8 Å². The van der Waals surface area contributed by atoms with Gasteiger partial charge >= 0.3 is 0 Å². The third kappa shape index (κ3) is 4.36. The van der Waals surface area contributed by atoms with Crippen LogP contribution >= 0.6 is 11.8 Å². The minimum absolute atomic E-state index is 0.905. The summed E-state index contributed by atoms with van der Waals surface area (Å²) in [4.78, 5) is 2.62. The van der Waals surface area contributed by atoms with Gasteiger partial charge in [0.05, 0.1) is 0 Å². The lowest BCUT2D eigenvalue weighted by Crippen LogP contribution is -2.35. The van der Waals surface area contributed by atoms with Crippen LogP contribution in [0.3, 0.4) is 0 Å². The Hall–Kier alpha value is -0.470. The minimum Gasteiger partial charge on any atom is -0.302 e. The van der Waals surface area contributed by atoms with Crippen LogP contribution in [0.25, 0.3) is 0 Å². The first-order chi connectivity index (χ1) is 8.38. The predicted octanol–water partition coefficient (Wildman–Crippen LogP) is 3.30. The van der Waals surface area contributed by atoms with E-state index in [4.69, 9.17) is 0 Å². The van der Waals surface area contributed by atoms with Crippen molar-refractivity contribution in [1.82, 2.24) is 4.90 Å². The van der Waals surface area contributed by atoms with Crippen LogP contribution < -0.4 is 0 Å². The van der Waals surface area contributed by atoms with Gasteiger partial charge in [-0.25, -0.2) is 0 Å². The quantitative estimate of drug-likeness (QED) is 0.787. The normalized spacial score (nSPS) is 18.4. The van der Waals surface area contributed by atoms with Crippen LogP contribution in [0.2, 0.25) is 0 Å². The molecule has 0 aromatic heterocycles. The molecule has 0 saturated carbocycles. The summed E-state index contributed by atoms with van der Waals surface area (Å²) < 4.78 is 0. The van der Waals surface area contributed by atoms with E-state index < -0.39 is 0 Å². The second kappa shape index (κ2) is 7.07. The van der Waals surface area contributed by atoms with E-state index >= 15 is 0 Å². The third-order valence-electron chi connectivity index (χ3n) is 3.69. The summed E-state index contributed by atoms with van der Waals surface area (Å²) in [6.07, 6.45) is 6.23. The maximum absolute atomic E-state index is 2.62. The molecule has 0 bridgehead atoms. The molecule has 0 spiro atoms. The zero-order valence-electron chi connectivity index (χ0n) is 10.8. The van der Waals surface area contributed by atoms with E-state index in [2.05, 4.69) is 41.5 Å². The number of nitrogens with zero attached hydrogens (tertiary/aromatic N) is 1. The number of likely N-dealkylation sites (tertiary alicyclic amines) is 1. The first-order valence-electron chi connectivity index (χ1n) is 6.63. The highest BCUT2D eigenvalue weighted by molar-refractivity contribution is 7.98. The van der Waals surface area contributed by atoms with Crippen LogP contribution in [-0.2, 0) is 6.42 Å². The van der Waals surface area contributed by atoms with Crippen LogP contribution in [0.4, 0.5) is 0 Å². The lowest BCUT2D eigenvalue weighted by atomic mass is 9.90. The van der Waals surface area contributed by atoms with E-state index in [1.807, 2.05) is 11.8 Å². The van der Waals surface area contributed by atoms with E-state index in [0.717, 1.165) is 5.92 Å². The van der Waals surface area contributed by atoms with E-state index in [1.54, 1.807) is 0 Å². The molecule has 0 amide bonds. The van der Waals surface area contributed by atoms with Gasteiger partial charge in [-0.3, -0.25) is 0 Å². The van der Waals surface area contributed by atoms with Crippen molar-refractivity contribution in [3.05, 3.63) is 35.9 Å². The van der Waals surface area contributed by atoms with E-state index in [9.17, 15) is 0 Å². The molecule has 94 valence electrons. The summed E-state index contributed by atoms with van der Waals surface area (Å²) in [5, 5.41) is 0. The molecule has 0 atom stereocenters. The van der Waals surface area contributed by atoms with Crippen molar-refractivity contribution in [2.75, 3.05) is 31.6 Å². The van der Waals surface area contributed by atoms with Crippen LogP contribution in [0.5, 0.6) is 0 Å². The van der Waals surface area contributed by atoms with Gasteiger partial charge in [0, 0.05) is 12.3 Å². The fourth-order valence-corrected chi connectivity index (χ4v) is 3.02. The Morgan fingerprint density at radius 3 is 2.53 bits per heavy atom. The molecule has 17 heavy (non-hydrogen) atoms. The molecule has 2 heteroatoms. The zero-order chi connectivity index (χ0) is 11.9. The van der Waals surface area contributed by atoms with E-state index in [1.165, 1.54) is 50.2 Å². The Morgan fingerprint density at radius 2 is 1.88 bits per heavy atom.